The smallest absolute Gasteiger partial charge is 0.396 e. The Morgan fingerprint density at radius 2 is 1.87 bits per heavy atom. The zero-order valence-electron chi connectivity index (χ0n) is 11.9. The second-order valence-electron chi connectivity index (χ2n) is 4.89. The number of nitrogens with two attached hydrogens (primary N) is 1. The van der Waals surface area contributed by atoms with Gasteiger partial charge in [0.15, 0.2) is 5.52 Å². The molecule has 0 spiro atoms. The molecule has 0 atom stereocenters. The van der Waals surface area contributed by atoms with Gasteiger partial charge in [-0.25, -0.2) is 9.61 Å². The molecule has 2 N–H and O–H groups in total. The molecule has 1 aromatic carbocycles. The third-order valence-corrected chi connectivity index (χ3v) is 4.04. The molecule has 0 aliphatic heterocycles. The average molecular weight is 340 g/mol. The van der Waals surface area contributed by atoms with E-state index in [1.54, 1.807) is 19.1 Å². The van der Waals surface area contributed by atoms with Crippen molar-refractivity contribution in [2.24, 2.45) is 0 Å². The summed E-state index contributed by atoms with van der Waals surface area (Å²) in [7, 11) is 0. The number of anilines is 1. The van der Waals surface area contributed by atoms with E-state index >= 15 is 0 Å². The molecule has 0 radical (unpaired) electrons. The van der Waals surface area contributed by atoms with Gasteiger partial charge in [-0.3, -0.25) is 0 Å². The number of nitrogens with zero attached hydrogens (tertiary/aromatic N) is 3. The van der Waals surface area contributed by atoms with E-state index in [2.05, 4.69) is 19.9 Å². The van der Waals surface area contributed by atoms with Crippen LogP contribution in [0, 0.1) is 6.92 Å². The van der Waals surface area contributed by atoms with Gasteiger partial charge >= 0.3 is 5.51 Å². The summed E-state index contributed by atoms with van der Waals surface area (Å²) >= 11 is -0.143. The first-order valence-corrected chi connectivity index (χ1v) is 7.37. The Kier molecular flexibility index (Phi) is 3.88. The molecule has 0 unspecified atom stereocenters. The van der Waals surface area contributed by atoms with Crippen molar-refractivity contribution in [1.82, 2.24) is 15.3 Å². The van der Waals surface area contributed by atoms with Gasteiger partial charge in [0.25, 0.3) is 0 Å². The third kappa shape index (κ3) is 3.39. The molecule has 0 saturated carbocycles. The van der Waals surface area contributed by atoms with Crippen LogP contribution in [0.25, 0.3) is 11.2 Å². The van der Waals surface area contributed by atoms with E-state index in [1.165, 1.54) is 12.1 Å². The molecule has 3 rings (SSSR count). The van der Waals surface area contributed by atoms with Gasteiger partial charge in [-0.05, 0) is 46.7 Å². The number of pyridine rings is 1. The molecular formula is C14H11F3N4OS. The van der Waals surface area contributed by atoms with Crippen molar-refractivity contribution in [3.63, 3.8) is 0 Å². The van der Waals surface area contributed by atoms with Gasteiger partial charge in [-0.2, -0.15) is 13.2 Å². The summed E-state index contributed by atoms with van der Waals surface area (Å²) < 4.78 is 41.6. The van der Waals surface area contributed by atoms with Crippen LogP contribution in [-0.2, 0) is 6.42 Å². The Morgan fingerprint density at radius 3 is 2.52 bits per heavy atom. The summed E-state index contributed by atoms with van der Waals surface area (Å²) in [6.45, 7) is 1.79. The maximum Gasteiger partial charge on any atom is 0.446 e. The second-order valence-corrected chi connectivity index (χ2v) is 6.03. The van der Waals surface area contributed by atoms with Crippen LogP contribution in [0.3, 0.4) is 0 Å². The van der Waals surface area contributed by atoms with Crippen LogP contribution in [0.1, 0.15) is 16.8 Å². The van der Waals surface area contributed by atoms with Crippen molar-refractivity contribution < 1.29 is 17.8 Å². The summed E-state index contributed by atoms with van der Waals surface area (Å²) in [5, 5.41) is 7.36. The average Bonchev–Trinajstić information content (AvgIpc) is 2.92. The lowest BCUT2D eigenvalue weighted by Gasteiger charge is -2.10. The Bertz CT molecular complexity index is 846. The van der Waals surface area contributed by atoms with Crippen LogP contribution >= 0.6 is 11.8 Å². The number of thioether (sulfide) groups is 1. The molecule has 0 aliphatic carbocycles. The summed E-state index contributed by atoms with van der Waals surface area (Å²) in [5.74, 6) is 0. The minimum atomic E-state index is -4.29. The molecule has 120 valence electrons. The van der Waals surface area contributed by atoms with E-state index in [4.69, 9.17) is 5.73 Å². The van der Waals surface area contributed by atoms with E-state index in [0.717, 1.165) is 11.1 Å². The number of aromatic nitrogens is 3. The predicted molar refractivity (Wildman–Crippen MR) is 79.9 cm³/mol. The topological polar surface area (TPSA) is 77.8 Å². The zero-order chi connectivity index (χ0) is 16.6. The first-order valence-electron chi connectivity index (χ1n) is 6.55. The van der Waals surface area contributed by atoms with Crippen molar-refractivity contribution in [2.75, 3.05) is 5.73 Å². The quantitative estimate of drug-likeness (QED) is 0.732. The SMILES string of the molecule is Cc1nc2nonc2c(N)c1Cc1ccc(SC(F)(F)F)cc1. The Labute approximate surface area is 133 Å². The highest BCUT2D eigenvalue weighted by atomic mass is 32.2. The Balaban J connectivity index is 1.87. The number of aryl methyl sites for hydroxylation is 1. The van der Waals surface area contributed by atoms with Crippen molar-refractivity contribution in [1.29, 1.82) is 0 Å². The molecule has 0 aliphatic rings. The van der Waals surface area contributed by atoms with Gasteiger partial charge in [-0.15, -0.1) is 0 Å². The lowest BCUT2D eigenvalue weighted by atomic mass is 10.0. The van der Waals surface area contributed by atoms with E-state index in [0.29, 0.717) is 29.0 Å². The monoisotopic (exact) mass is 340 g/mol. The van der Waals surface area contributed by atoms with Crippen LogP contribution < -0.4 is 5.73 Å². The van der Waals surface area contributed by atoms with Crippen molar-refractivity contribution >= 4 is 28.6 Å². The highest BCUT2D eigenvalue weighted by Gasteiger charge is 2.29. The van der Waals surface area contributed by atoms with Crippen molar-refractivity contribution in [3.05, 3.63) is 41.1 Å². The summed E-state index contributed by atoms with van der Waals surface area (Å²) in [6, 6.07) is 6.14. The number of rotatable bonds is 3. The number of benzene rings is 1. The lowest BCUT2D eigenvalue weighted by Crippen LogP contribution is -2.03. The molecule has 2 aromatic heterocycles. The fourth-order valence-corrected chi connectivity index (χ4v) is 2.77. The van der Waals surface area contributed by atoms with Gasteiger partial charge in [0, 0.05) is 22.6 Å². The number of halogens is 3. The van der Waals surface area contributed by atoms with E-state index < -0.39 is 5.51 Å². The molecule has 0 amide bonds. The minimum absolute atomic E-state index is 0.139. The number of fused-ring (bicyclic) bond motifs is 1. The van der Waals surface area contributed by atoms with Crippen LogP contribution in [0.15, 0.2) is 33.8 Å². The second kappa shape index (κ2) is 5.73. The number of nitrogen functional groups attached to an aromatic ring is 1. The van der Waals surface area contributed by atoms with Gasteiger partial charge in [0.2, 0.25) is 5.65 Å². The predicted octanol–water partition coefficient (Wildman–Crippen LogP) is 3.71. The first kappa shape index (κ1) is 15.6. The van der Waals surface area contributed by atoms with Crippen molar-refractivity contribution in [2.45, 2.75) is 23.7 Å². The van der Waals surface area contributed by atoms with Crippen LogP contribution in [0.5, 0.6) is 0 Å². The highest BCUT2D eigenvalue weighted by molar-refractivity contribution is 8.00. The highest BCUT2D eigenvalue weighted by Crippen LogP contribution is 2.37. The fourth-order valence-electron chi connectivity index (χ4n) is 2.23. The van der Waals surface area contributed by atoms with Crippen molar-refractivity contribution in [3.8, 4) is 0 Å². The van der Waals surface area contributed by atoms with Crippen LogP contribution in [0.2, 0.25) is 0 Å². The molecule has 3 aromatic rings. The standard InChI is InChI=1S/C14H11F3N4OS/c1-7-10(11(18)12-13(19-7)21-22-20-12)6-8-2-4-9(5-3-8)23-14(15,16)17/h2-5H,6,18H2,1H3. The van der Waals surface area contributed by atoms with Gasteiger partial charge in [0.05, 0.1) is 5.69 Å². The van der Waals surface area contributed by atoms with E-state index in [9.17, 15) is 13.2 Å². The number of alkyl halides is 3. The third-order valence-electron chi connectivity index (χ3n) is 3.30. The van der Waals surface area contributed by atoms with Crippen LogP contribution in [0.4, 0.5) is 18.9 Å². The normalized spacial score (nSPS) is 12.0. The molecule has 5 nitrogen and oxygen atoms in total. The van der Waals surface area contributed by atoms with Gasteiger partial charge < -0.3 is 5.73 Å². The fraction of sp³-hybridized carbons (Fsp3) is 0.214. The maximum atomic E-state index is 12.3. The minimum Gasteiger partial charge on any atom is -0.396 e. The Morgan fingerprint density at radius 1 is 1.17 bits per heavy atom. The van der Waals surface area contributed by atoms with E-state index in [-0.39, 0.29) is 16.7 Å². The summed E-state index contributed by atoms with van der Waals surface area (Å²) in [6.07, 6.45) is 0.435. The molecular weight excluding hydrogens is 329 g/mol. The molecule has 0 bridgehead atoms. The molecule has 0 saturated heterocycles. The van der Waals surface area contributed by atoms with Gasteiger partial charge in [-0.1, -0.05) is 12.1 Å². The molecule has 23 heavy (non-hydrogen) atoms. The maximum absolute atomic E-state index is 12.3. The number of hydrogen-bond acceptors (Lipinski definition) is 6. The summed E-state index contributed by atoms with van der Waals surface area (Å²) in [5.41, 5.74) is 5.17. The van der Waals surface area contributed by atoms with Gasteiger partial charge in [0.1, 0.15) is 0 Å². The van der Waals surface area contributed by atoms with E-state index in [1.807, 2.05) is 0 Å². The molecule has 0 fully saturated rings. The zero-order valence-corrected chi connectivity index (χ0v) is 12.7. The number of hydrogen-bond donors (Lipinski definition) is 1. The lowest BCUT2D eigenvalue weighted by molar-refractivity contribution is -0.0328. The molecule has 2 heterocycles. The molecule has 9 heteroatoms. The Hall–Kier alpha value is -2.29. The van der Waals surface area contributed by atoms with Crippen LogP contribution in [-0.4, -0.2) is 20.8 Å². The largest absolute Gasteiger partial charge is 0.446 e. The summed E-state index contributed by atoms with van der Waals surface area (Å²) in [4.78, 5) is 4.40. The first-order chi connectivity index (χ1) is 10.8.